The number of carbonyl (C=O) groups is 2. The second-order valence-corrected chi connectivity index (χ2v) is 5.41. The lowest BCUT2D eigenvalue weighted by molar-refractivity contribution is -0.132. The van der Waals surface area contributed by atoms with Gasteiger partial charge in [0.05, 0.1) is 18.2 Å². The highest BCUT2D eigenvalue weighted by atomic mass is 32.2. The molecule has 2 fully saturated rings. The summed E-state index contributed by atoms with van der Waals surface area (Å²) in [4.78, 5) is 24.5. The van der Waals surface area contributed by atoms with Crippen molar-refractivity contribution in [3.8, 4) is 0 Å². The van der Waals surface area contributed by atoms with Gasteiger partial charge in [-0.2, -0.15) is 0 Å². The lowest BCUT2D eigenvalue weighted by Gasteiger charge is -2.22. The third-order valence-corrected chi connectivity index (χ3v) is 3.95. The summed E-state index contributed by atoms with van der Waals surface area (Å²) >= 11 is 1.55. The molecule has 0 aromatic rings. The Morgan fingerprint density at radius 2 is 2.47 bits per heavy atom. The van der Waals surface area contributed by atoms with Crippen LogP contribution in [0.1, 0.15) is 12.8 Å². The lowest BCUT2D eigenvalue weighted by Crippen LogP contribution is -2.40. The van der Waals surface area contributed by atoms with Gasteiger partial charge in [0.25, 0.3) is 0 Å². The quantitative estimate of drug-likeness (QED) is 0.775. The molecular formula is C11H18N2O3S. The monoisotopic (exact) mass is 258 g/mol. The Balaban J connectivity index is 1.64. The first kappa shape index (κ1) is 12.7. The molecule has 2 rings (SSSR count). The summed E-state index contributed by atoms with van der Waals surface area (Å²) in [5, 5.41) is 2.88. The minimum atomic E-state index is -0.0635. The van der Waals surface area contributed by atoms with Crippen molar-refractivity contribution in [2.24, 2.45) is 5.92 Å². The number of hydrogen-bond acceptors (Lipinski definition) is 4. The number of amides is 2. The van der Waals surface area contributed by atoms with E-state index in [1.54, 1.807) is 16.7 Å². The minimum absolute atomic E-state index is 0.0612. The molecule has 0 radical (unpaired) electrons. The standard InChI is InChI=1S/C11H18N2O3S/c14-10(5-13-8-17-7-11(13)15)12-4-9-2-1-3-16-6-9/h9H,1-8H2,(H,12,14). The van der Waals surface area contributed by atoms with Crippen LogP contribution in [0.3, 0.4) is 0 Å². The SMILES string of the molecule is O=C(CN1CSCC1=O)NCC1CCCOC1. The van der Waals surface area contributed by atoms with Crippen LogP contribution in [0, 0.1) is 5.92 Å². The summed E-state index contributed by atoms with van der Waals surface area (Å²) in [6, 6.07) is 0. The van der Waals surface area contributed by atoms with Crippen LogP contribution in [-0.2, 0) is 14.3 Å². The van der Waals surface area contributed by atoms with Crippen molar-refractivity contribution in [3.63, 3.8) is 0 Å². The van der Waals surface area contributed by atoms with Gasteiger partial charge in [-0.25, -0.2) is 0 Å². The maximum Gasteiger partial charge on any atom is 0.239 e. The zero-order valence-electron chi connectivity index (χ0n) is 9.81. The maximum atomic E-state index is 11.6. The Hall–Kier alpha value is -0.750. The molecule has 2 aliphatic rings. The molecule has 2 aliphatic heterocycles. The molecule has 0 aliphatic carbocycles. The minimum Gasteiger partial charge on any atom is -0.381 e. The predicted octanol–water partition coefficient (Wildman–Crippen LogP) is 0.0621. The molecule has 0 aromatic carbocycles. The molecule has 1 unspecified atom stereocenters. The molecule has 1 atom stereocenters. The van der Waals surface area contributed by atoms with Crippen molar-refractivity contribution < 1.29 is 14.3 Å². The van der Waals surface area contributed by atoms with Crippen molar-refractivity contribution in [2.45, 2.75) is 12.8 Å². The van der Waals surface area contributed by atoms with E-state index in [4.69, 9.17) is 4.74 Å². The highest BCUT2D eigenvalue weighted by Gasteiger charge is 2.23. The average Bonchev–Trinajstić information content (AvgIpc) is 2.74. The average molecular weight is 258 g/mol. The summed E-state index contributed by atoms with van der Waals surface area (Å²) in [7, 11) is 0. The van der Waals surface area contributed by atoms with Gasteiger partial charge in [-0.1, -0.05) is 0 Å². The van der Waals surface area contributed by atoms with Crippen molar-refractivity contribution in [1.29, 1.82) is 0 Å². The molecule has 2 heterocycles. The first-order chi connectivity index (χ1) is 8.25. The summed E-state index contributed by atoms with van der Waals surface area (Å²) in [6.45, 7) is 2.43. The van der Waals surface area contributed by atoms with Crippen LogP contribution in [0.2, 0.25) is 0 Å². The van der Waals surface area contributed by atoms with E-state index < -0.39 is 0 Å². The molecule has 1 N–H and O–H groups in total. The van der Waals surface area contributed by atoms with E-state index >= 15 is 0 Å². The zero-order chi connectivity index (χ0) is 12.1. The number of nitrogens with one attached hydrogen (secondary N) is 1. The largest absolute Gasteiger partial charge is 0.381 e. The van der Waals surface area contributed by atoms with Crippen LogP contribution in [-0.4, -0.2) is 54.6 Å². The van der Waals surface area contributed by atoms with E-state index in [1.165, 1.54) is 0 Å². The Bertz CT molecular complexity index is 292. The van der Waals surface area contributed by atoms with Crippen LogP contribution in [0.15, 0.2) is 0 Å². The van der Waals surface area contributed by atoms with E-state index in [1.807, 2.05) is 0 Å². The van der Waals surface area contributed by atoms with E-state index in [9.17, 15) is 9.59 Å². The number of thioether (sulfide) groups is 1. The topological polar surface area (TPSA) is 58.6 Å². The first-order valence-corrected chi connectivity index (χ1v) is 7.11. The van der Waals surface area contributed by atoms with Gasteiger partial charge in [0.2, 0.25) is 11.8 Å². The van der Waals surface area contributed by atoms with Gasteiger partial charge in [-0.15, -0.1) is 11.8 Å². The van der Waals surface area contributed by atoms with E-state index in [0.717, 1.165) is 26.1 Å². The molecule has 0 spiro atoms. The van der Waals surface area contributed by atoms with Gasteiger partial charge in [0, 0.05) is 13.2 Å². The molecule has 6 heteroatoms. The number of carbonyl (C=O) groups excluding carboxylic acids is 2. The van der Waals surface area contributed by atoms with Crippen molar-refractivity contribution in [1.82, 2.24) is 10.2 Å². The summed E-state index contributed by atoms with van der Waals surface area (Å²) in [6.07, 6.45) is 2.18. The van der Waals surface area contributed by atoms with Gasteiger partial charge in [0.1, 0.15) is 6.54 Å². The fourth-order valence-electron chi connectivity index (χ4n) is 2.00. The van der Waals surface area contributed by atoms with E-state index in [2.05, 4.69) is 5.32 Å². The molecule has 2 saturated heterocycles. The Kier molecular flexibility index (Phi) is 4.67. The van der Waals surface area contributed by atoms with Gasteiger partial charge < -0.3 is 15.0 Å². The van der Waals surface area contributed by atoms with E-state index in [-0.39, 0.29) is 18.4 Å². The lowest BCUT2D eigenvalue weighted by atomic mass is 10.0. The van der Waals surface area contributed by atoms with Crippen molar-refractivity contribution >= 4 is 23.6 Å². The van der Waals surface area contributed by atoms with Crippen molar-refractivity contribution in [2.75, 3.05) is 37.9 Å². The second-order valence-electron chi connectivity index (χ2n) is 4.46. The van der Waals surface area contributed by atoms with Gasteiger partial charge in [-0.05, 0) is 18.8 Å². The second kappa shape index (κ2) is 6.26. The molecular weight excluding hydrogens is 240 g/mol. The Labute approximate surface area is 105 Å². The summed E-state index contributed by atoms with van der Waals surface area (Å²) < 4.78 is 5.35. The van der Waals surface area contributed by atoms with Gasteiger partial charge in [0.15, 0.2) is 0 Å². The number of nitrogens with zero attached hydrogens (tertiary/aromatic N) is 1. The molecule has 5 nitrogen and oxygen atoms in total. The molecule has 0 aromatic heterocycles. The Morgan fingerprint density at radius 1 is 1.59 bits per heavy atom. The third-order valence-electron chi connectivity index (χ3n) is 3.00. The van der Waals surface area contributed by atoms with Crippen molar-refractivity contribution in [3.05, 3.63) is 0 Å². The van der Waals surface area contributed by atoms with Crippen LogP contribution in [0.4, 0.5) is 0 Å². The van der Waals surface area contributed by atoms with Crippen LogP contribution in [0.25, 0.3) is 0 Å². The van der Waals surface area contributed by atoms with Crippen LogP contribution < -0.4 is 5.32 Å². The molecule has 17 heavy (non-hydrogen) atoms. The number of rotatable bonds is 4. The normalized spacial score (nSPS) is 25.1. The van der Waals surface area contributed by atoms with Gasteiger partial charge >= 0.3 is 0 Å². The highest BCUT2D eigenvalue weighted by molar-refractivity contribution is 8.00. The number of ether oxygens (including phenoxy) is 1. The molecule has 0 saturated carbocycles. The van der Waals surface area contributed by atoms with Crippen LogP contribution in [0.5, 0.6) is 0 Å². The molecule has 0 bridgehead atoms. The molecule has 96 valence electrons. The maximum absolute atomic E-state index is 11.6. The molecule has 2 amide bonds. The number of hydrogen-bond donors (Lipinski definition) is 1. The smallest absolute Gasteiger partial charge is 0.239 e. The predicted molar refractivity (Wildman–Crippen MR) is 65.6 cm³/mol. The van der Waals surface area contributed by atoms with Gasteiger partial charge in [-0.3, -0.25) is 9.59 Å². The van der Waals surface area contributed by atoms with Crippen LogP contribution >= 0.6 is 11.8 Å². The Morgan fingerprint density at radius 3 is 3.12 bits per heavy atom. The third kappa shape index (κ3) is 3.89. The highest BCUT2D eigenvalue weighted by Crippen LogP contribution is 2.14. The summed E-state index contributed by atoms with van der Waals surface area (Å²) in [5.74, 6) is 1.57. The fraction of sp³-hybridized carbons (Fsp3) is 0.818. The summed E-state index contributed by atoms with van der Waals surface area (Å²) in [5.41, 5.74) is 0. The fourth-order valence-corrected chi connectivity index (χ4v) is 2.90. The zero-order valence-corrected chi connectivity index (χ0v) is 10.6. The first-order valence-electron chi connectivity index (χ1n) is 5.95. The van der Waals surface area contributed by atoms with E-state index in [0.29, 0.717) is 24.1 Å².